The van der Waals surface area contributed by atoms with Crippen molar-refractivity contribution in [2.24, 2.45) is 5.41 Å². The van der Waals surface area contributed by atoms with Gasteiger partial charge in [0.15, 0.2) is 0 Å². The molecule has 3 nitrogen and oxygen atoms in total. The summed E-state index contributed by atoms with van der Waals surface area (Å²) < 4.78 is 28.0. The largest absolute Gasteiger partial charge is 0.493 e. The fourth-order valence-corrected chi connectivity index (χ4v) is 4.08. The van der Waals surface area contributed by atoms with Gasteiger partial charge in [-0.2, -0.15) is 0 Å². The Hall–Kier alpha value is -0.740. The summed E-state index contributed by atoms with van der Waals surface area (Å²) in [5.74, 6) is 1.12. The highest BCUT2D eigenvalue weighted by molar-refractivity contribution is 8.13. The molecule has 0 atom stereocenters. The standard InChI is InChI=1S/C15H23ClO3S/c1-11(2)14-7-6-13(8-12(14)3)19-9-15(4,5)10-20(16,17)18/h6-8,11H,9-10H2,1-5H3. The highest BCUT2D eigenvalue weighted by Crippen LogP contribution is 2.26. The van der Waals surface area contributed by atoms with Crippen molar-refractivity contribution in [3.8, 4) is 5.75 Å². The molecular formula is C15H23ClO3S. The SMILES string of the molecule is Cc1cc(OCC(C)(C)CS(=O)(=O)Cl)ccc1C(C)C. The van der Waals surface area contributed by atoms with E-state index in [-0.39, 0.29) is 5.75 Å². The third kappa shape index (κ3) is 5.71. The minimum atomic E-state index is -3.52. The lowest BCUT2D eigenvalue weighted by Crippen LogP contribution is -2.28. The van der Waals surface area contributed by atoms with Crippen molar-refractivity contribution in [3.63, 3.8) is 0 Å². The van der Waals surface area contributed by atoms with Gasteiger partial charge in [0.2, 0.25) is 9.05 Å². The van der Waals surface area contributed by atoms with Crippen LogP contribution in [-0.4, -0.2) is 20.8 Å². The van der Waals surface area contributed by atoms with Crippen LogP contribution in [0.25, 0.3) is 0 Å². The smallest absolute Gasteiger partial charge is 0.233 e. The summed E-state index contributed by atoms with van der Waals surface area (Å²) in [6.07, 6.45) is 0. The maximum Gasteiger partial charge on any atom is 0.233 e. The summed E-state index contributed by atoms with van der Waals surface area (Å²) in [5.41, 5.74) is 1.95. The van der Waals surface area contributed by atoms with Gasteiger partial charge in [0, 0.05) is 16.1 Å². The minimum Gasteiger partial charge on any atom is -0.493 e. The molecule has 5 heteroatoms. The molecule has 0 N–H and O–H groups in total. The van der Waals surface area contributed by atoms with Crippen LogP contribution < -0.4 is 4.74 Å². The summed E-state index contributed by atoms with van der Waals surface area (Å²) in [6, 6.07) is 5.97. The average molecular weight is 319 g/mol. The van der Waals surface area contributed by atoms with E-state index < -0.39 is 14.5 Å². The molecular weight excluding hydrogens is 296 g/mol. The molecule has 0 aromatic heterocycles. The summed E-state index contributed by atoms with van der Waals surface area (Å²) in [6.45, 7) is 10.3. The van der Waals surface area contributed by atoms with Crippen molar-refractivity contribution < 1.29 is 13.2 Å². The molecule has 0 fully saturated rings. The molecule has 0 spiro atoms. The van der Waals surface area contributed by atoms with Crippen LogP contribution in [-0.2, 0) is 9.05 Å². The Kier molecular flexibility index (Phi) is 5.50. The summed E-state index contributed by atoms with van der Waals surface area (Å²) >= 11 is 0. The van der Waals surface area contributed by atoms with Gasteiger partial charge in [0.05, 0.1) is 12.4 Å². The number of ether oxygens (including phenoxy) is 1. The molecule has 0 aliphatic heterocycles. The fourth-order valence-electron chi connectivity index (χ4n) is 2.17. The molecule has 0 aliphatic carbocycles. The van der Waals surface area contributed by atoms with Crippen LogP contribution in [0.5, 0.6) is 5.75 Å². The molecule has 1 aromatic carbocycles. The average Bonchev–Trinajstić information content (AvgIpc) is 2.22. The highest BCUT2D eigenvalue weighted by Gasteiger charge is 2.26. The van der Waals surface area contributed by atoms with E-state index in [9.17, 15) is 8.42 Å². The Balaban J connectivity index is 2.73. The first-order valence-electron chi connectivity index (χ1n) is 6.66. The third-order valence-electron chi connectivity index (χ3n) is 3.06. The Morgan fingerprint density at radius 2 is 1.90 bits per heavy atom. The van der Waals surface area contributed by atoms with Gasteiger partial charge in [-0.25, -0.2) is 8.42 Å². The second kappa shape index (κ2) is 6.35. The Morgan fingerprint density at radius 3 is 2.35 bits per heavy atom. The second-order valence-corrected chi connectivity index (χ2v) is 9.09. The van der Waals surface area contributed by atoms with Gasteiger partial charge >= 0.3 is 0 Å². The lowest BCUT2D eigenvalue weighted by Gasteiger charge is -2.23. The third-order valence-corrected chi connectivity index (χ3v) is 4.51. The molecule has 20 heavy (non-hydrogen) atoms. The molecule has 0 saturated carbocycles. The molecule has 0 aliphatic rings. The van der Waals surface area contributed by atoms with E-state index in [4.69, 9.17) is 15.4 Å². The number of aryl methyl sites for hydroxylation is 1. The Bertz CT molecular complexity index is 562. The van der Waals surface area contributed by atoms with Gasteiger partial charge < -0.3 is 4.74 Å². The van der Waals surface area contributed by atoms with Crippen LogP contribution in [0, 0.1) is 12.3 Å². The van der Waals surface area contributed by atoms with Crippen molar-refractivity contribution in [3.05, 3.63) is 29.3 Å². The molecule has 0 radical (unpaired) electrons. The lowest BCUT2D eigenvalue weighted by molar-refractivity contribution is 0.200. The van der Waals surface area contributed by atoms with Gasteiger partial charge in [-0.3, -0.25) is 0 Å². The lowest BCUT2D eigenvalue weighted by atomic mass is 9.97. The molecule has 0 unspecified atom stereocenters. The molecule has 1 aromatic rings. The summed E-state index contributed by atoms with van der Waals surface area (Å²) in [5, 5.41) is 0. The molecule has 1 rings (SSSR count). The maximum atomic E-state index is 11.1. The van der Waals surface area contributed by atoms with Crippen molar-refractivity contribution in [1.82, 2.24) is 0 Å². The first-order valence-corrected chi connectivity index (χ1v) is 9.14. The summed E-state index contributed by atoms with van der Waals surface area (Å²) in [7, 11) is 1.78. The van der Waals surface area contributed by atoms with Crippen molar-refractivity contribution >= 4 is 19.7 Å². The van der Waals surface area contributed by atoms with Crippen LogP contribution in [0.4, 0.5) is 0 Å². The molecule has 0 saturated heterocycles. The van der Waals surface area contributed by atoms with Crippen LogP contribution in [0.15, 0.2) is 18.2 Å². The van der Waals surface area contributed by atoms with E-state index in [2.05, 4.69) is 26.8 Å². The highest BCUT2D eigenvalue weighted by atomic mass is 35.7. The van der Waals surface area contributed by atoms with Gasteiger partial charge in [-0.05, 0) is 36.1 Å². The predicted molar refractivity (Wildman–Crippen MR) is 84.2 cm³/mol. The van der Waals surface area contributed by atoms with E-state index in [1.165, 1.54) is 11.1 Å². The van der Waals surface area contributed by atoms with Crippen LogP contribution in [0.3, 0.4) is 0 Å². The number of hydrogen-bond acceptors (Lipinski definition) is 3. The Morgan fingerprint density at radius 1 is 1.30 bits per heavy atom. The maximum absolute atomic E-state index is 11.1. The molecule has 114 valence electrons. The van der Waals surface area contributed by atoms with Crippen molar-refractivity contribution in [1.29, 1.82) is 0 Å². The zero-order valence-corrected chi connectivity index (χ0v) is 14.3. The van der Waals surface area contributed by atoms with Gasteiger partial charge in [-0.15, -0.1) is 0 Å². The molecule has 0 bridgehead atoms. The van der Waals surface area contributed by atoms with E-state index >= 15 is 0 Å². The molecule has 0 heterocycles. The normalized spacial score (nSPS) is 12.8. The van der Waals surface area contributed by atoms with Gasteiger partial charge in [-0.1, -0.05) is 33.8 Å². The minimum absolute atomic E-state index is 0.107. The fraction of sp³-hybridized carbons (Fsp3) is 0.600. The second-order valence-electron chi connectivity index (χ2n) is 6.31. The van der Waals surface area contributed by atoms with Gasteiger partial charge in [0.1, 0.15) is 5.75 Å². The van der Waals surface area contributed by atoms with E-state index in [1.54, 1.807) is 0 Å². The number of halogens is 1. The van der Waals surface area contributed by atoms with Crippen molar-refractivity contribution in [2.75, 3.05) is 12.4 Å². The zero-order chi connectivity index (χ0) is 15.6. The first kappa shape index (κ1) is 17.3. The quantitative estimate of drug-likeness (QED) is 0.742. The van der Waals surface area contributed by atoms with E-state index in [1.807, 2.05) is 26.0 Å². The number of hydrogen-bond donors (Lipinski definition) is 0. The topological polar surface area (TPSA) is 43.4 Å². The van der Waals surface area contributed by atoms with E-state index in [0.29, 0.717) is 12.5 Å². The number of benzene rings is 1. The monoisotopic (exact) mass is 318 g/mol. The Labute approximate surface area is 126 Å². The zero-order valence-electron chi connectivity index (χ0n) is 12.7. The van der Waals surface area contributed by atoms with Gasteiger partial charge in [0.25, 0.3) is 0 Å². The van der Waals surface area contributed by atoms with Crippen LogP contribution in [0.1, 0.15) is 44.7 Å². The van der Waals surface area contributed by atoms with Crippen LogP contribution >= 0.6 is 10.7 Å². The van der Waals surface area contributed by atoms with Crippen LogP contribution in [0.2, 0.25) is 0 Å². The number of rotatable bonds is 6. The van der Waals surface area contributed by atoms with E-state index in [0.717, 1.165) is 5.75 Å². The molecule has 0 amide bonds. The predicted octanol–water partition coefficient (Wildman–Crippen LogP) is 4.09. The summed E-state index contributed by atoms with van der Waals surface area (Å²) in [4.78, 5) is 0. The van der Waals surface area contributed by atoms with Crippen molar-refractivity contribution in [2.45, 2.75) is 40.5 Å². The first-order chi connectivity index (χ1) is 9.00.